The molecule has 19 heavy (non-hydrogen) atoms. The normalized spacial score (nSPS) is 22.7. The van der Waals surface area contributed by atoms with Gasteiger partial charge < -0.3 is 13.3 Å². The molecule has 112 valence electrons. The second-order valence-corrected chi connectivity index (χ2v) is 13.4. The van der Waals surface area contributed by atoms with Crippen LogP contribution < -0.4 is 0 Å². The van der Waals surface area contributed by atoms with E-state index in [4.69, 9.17) is 13.3 Å². The van der Waals surface area contributed by atoms with E-state index in [1.54, 1.807) is 0 Å². The summed E-state index contributed by atoms with van der Waals surface area (Å²) >= 11 is 0. The van der Waals surface area contributed by atoms with Crippen molar-refractivity contribution >= 4 is 16.9 Å². The second kappa shape index (κ2) is 7.74. The zero-order valence-electron chi connectivity index (χ0n) is 13.2. The fourth-order valence-corrected chi connectivity index (χ4v) is 14.0. The Morgan fingerprint density at radius 1 is 1.00 bits per heavy atom. The third-order valence-corrected chi connectivity index (χ3v) is 14.0. The Morgan fingerprint density at radius 2 is 1.58 bits per heavy atom. The van der Waals surface area contributed by atoms with Gasteiger partial charge in [-0.1, -0.05) is 12.2 Å². The monoisotopic (exact) mass is 302 g/mol. The Kier molecular flexibility index (Phi) is 6.96. The Balaban J connectivity index is 2.82. The molecule has 1 rings (SSSR count). The van der Waals surface area contributed by atoms with Crippen molar-refractivity contribution in [3.05, 3.63) is 12.2 Å². The fourth-order valence-electron chi connectivity index (χ4n) is 3.15. The minimum absolute atomic E-state index is 0.625. The van der Waals surface area contributed by atoms with Crippen molar-refractivity contribution in [3.63, 3.8) is 0 Å². The molecule has 0 bridgehead atoms. The molecule has 0 fully saturated rings. The van der Waals surface area contributed by atoms with Crippen LogP contribution in [0.2, 0.25) is 24.3 Å². The highest BCUT2D eigenvalue weighted by molar-refractivity contribution is 6.89. The van der Waals surface area contributed by atoms with E-state index in [0.29, 0.717) is 5.54 Å². The van der Waals surface area contributed by atoms with Gasteiger partial charge in [-0.05, 0) is 52.2 Å². The van der Waals surface area contributed by atoms with Gasteiger partial charge in [-0.15, -0.1) is 0 Å². The molecular formula is C14H30O3Si2. The molecule has 1 aliphatic carbocycles. The molecule has 0 aliphatic heterocycles. The average Bonchev–Trinajstić information content (AvgIpc) is 2.83. The van der Waals surface area contributed by atoms with Gasteiger partial charge in [0, 0.05) is 25.5 Å². The fraction of sp³-hybridized carbons (Fsp3) is 0.857. The molecule has 2 unspecified atom stereocenters. The minimum atomic E-state index is -2.09. The Bertz CT molecular complexity index is 290. The van der Waals surface area contributed by atoms with Crippen molar-refractivity contribution in [1.29, 1.82) is 0 Å². The van der Waals surface area contributed by atoms with Crippen molar-refractivity contribution < 1.29 is 13.3 Å². The maximum absolute atomic E-state index is 6.26. The lowest BCUT2D eigenvalue weighted by Crippen LogP contribution is -2.52. The van der Waals surface area contributed by atoms with Crippen LogP contribution in [0.4, 0.5) is 0 Å². The molecule has 0 N–H and O–H groups in total. The van der Waals surface area contributed by atoms with Gasteiger partial charge >= 0.3 is 8.56 Å². The van der Waals surface area contributed by atoms with Gasteiger partial charge in [0.05, 0.1) is 0 Å². The van der Waals surface area contributed by atoms with Gasteiger partial charge in [0.15, 0.2) is 8.32 Å². The lowest BCUT2D eigenvalue weighted by Gasteiger charge is -2.38. The summed E-state index contributed by atoms with van der Waals surface area (Å²) in [5.74, 6) is 0. The number of allylic oxidation sites excluding steroid dienone is 2. The maximum atomic E-state index is 6.26. The highest BCUT2D eigenvalue weighted by atomic mass is 28.4. The summed E-state index contributed by atoms with van der Waals surface area (Å²) in [4.78, 5) is 0. The third-order valence-electron chi connectivity index (χ3n) is 3.84. The Labute approximate surface area is 120 Å². The molecule has 0 aromatic carbocycles. The maximum Gasteiger partial charge on any atom is 0.334 e. The van der Waals surface area contributed by atoms with E-state index in [-0.39, 0.29) is 0 Å². The molecule has 0 aromatic heterocycles. The highest BCUT2D eigenvalue weighted by Crippen LogP contribution is 2.39. The van der Waals surface area contributed by atoms with Crippen LogP contribution in [0.1, 0.15) is 33.6 Å². The first-order valence-corrected chi connectivity index (χ1v) is 12.8. The van der Waals surface area contributed by atoms with E-state index in [2.05, 4.69) is 46.0 Å². The van der Waals surface area contributed by atoms with Gasteiger partial charge in [0.1, 0.15) is 0 Å². The third kappa shape index (κ3) is 4.82. The number of hydrogen-bond acceptors (Lipinski definition) is 3. The van der Waals surface area contributed by atoms with Crippen molar-refractivity contribution in [3.8, 4) is 0 Å². The summed E-state index contributed by atoms with van der Waals surface area (Å²) in [6.45, 7) is 13.0. The predicted octanol–water partition coefficient (Wildman–Crippen LogP) is 4.00. The zero-order chi connectivity index (χ0) is 14.4. The molecule has 1 aliphatic rings. The van der Waals surface area contributed by atoms with Crippen LogP contribution in [0.15, 0.2) is 12.2 Å². The summed E-state index contributed by atoms with van der Waals surface area (Å²) in [6.07, 6.45) is 7.11. The van der Waals surface area contributed by atoms with Gasteiger partial charge in [-0.3, -0.25) is 0 Å². The number of rotatable bonds is 9. The standard InChI is InChI=1S/C14H30O3Si2/c1-6-15-18(4,14-11-9-10-12-14)13-19(5,16-7-2)17-8-3/h9,11,14H,6-8,10,12-13H2,1-5H3. The van der Waals surface area contributed by atoms with Crippen LogP contribution in [-0.4, -0.2) is 36.7 Å². The van der Waals surface area contributed by atoms with Gasteiger partial charge in [0.25, 0.3) is 0 Å². The molecule has 3 nitrogen and oxygen atoms in total. The summed E-state index contributed by atoms with van der Waals surface area (Å²) in [7, 11) is -3.89. The largest absolute Gasteiger partial charge is 0.417 e. The average molecular weight is 303 g/mol. The summed E-state index contributed by atoms with van der Waals surface area (Å²) < 4.78 is 18.3. The number of hydrogen-bond donors (Lipinski definition) is 0. The minimum Gasteiger partial charge on any atom is -0.417 e. The van der Waals surface area contributed by atoms with Crippen LogP contribution in [0, 0.1) is 0 Å². The van der Waals surface area contributed by atoms with E-state index >= 15 is 0 Å². The lowest BCUT2D eigenvalue weighted by molar-refractivity contribution is 0.190. The Morgan fingerprint density at radius 3 is 2.00 bits per heavy atom. The van der Waals surface area contributed by atoms with E-state index in [0.717, 1.165) is 25.5 Å². The summed E-state index contributed by atoms with van der Waals surface area (Å²) in [5, 5.41) is 0. The molecule has 2 atom stereocenters. The van der Waals surface area contributed by atoms with Gasteiger partial charge in [0.2, 0.25) is 0 Å². The summed E-state index contributed by atoms with van der Waals surface area (Å²) in [5.41, 5.74) is 1.66. The SMILES string of the molecule is CCO[Si](C)(C[Si](C)(OCC)C1C=CCC1)OCC. The Hall–Kier alpha value is 0.0538. The van der Waals surface area contributed by atoms with Crippen molar-refractivity contribution in [2.75, 3.05) is 19.8 Å². The van der Waals surface area contributed by atoms with E-state index < -0.39 is 16.9 Å². The molecule has 0 amide bonds. The molecular weight excluding hydrogens is 272 g/mol. The second-order valence-electron chi connectivity index (χ2n) is 5.53. The zero-order valence-corrected chi connectivity index (χ0v) is 15.2. The molecule has 0 heterocycles. The van der Waals surface area contributed by atoms with Crippen LogP contribution in [0.3, 0.4) is 0 Å². The smallest absolute Gasteiger partial charge is 0.334 e. The van der Waals surface area contributed by atoms with Crippen LogP contribution in [-0.2, 0) is 13.3 Å². The quantitative estimate of drug-likeness (QED) is 0.476. The first-order chi connectivity index (χ1) is 8.99. The van der Waals surface area contributed by atoms with Crippen molar-refractivity contribution in [2.45, 2.75) is 57.9 Å². The molecule has 0 saturated heterocycles. The van der Waals surface area contributed by atoms with Crippen LogP contribution in [0.5, 0.6) is 0 Å². The molecule has 0 radical (unpaired) electrons. The van der Waals surface area contributed by atoms with Crippen molar-refractivity contribution in [2.24, 2.45) is 0 Å². The molecule has 0 spiro atoms. The van der Waals surface area contributed by atoms with Crippen molar-refractivity contribution in [1.82, 2.24) is 0 Å². The topological polar surface area (TPSA) is 27.7 Å². The van der Waals surface area contributed by atoms with E-state index in [1.165, 1.54) is 12.8 Å². The first kappa shape index (κ1) is 17.1. The van der Waals surface area contributed by atoms with E-state index in [9.17, 15) is 0 Å². The molecule has 0 aromatic rings. The lowest BCUT2D eigenvalue weighted by atomic mass is 10.4. The predicted molar refractivity (Wildman–Crippen MR) is 85.0 cm³/mol. The summed E-state index contributed by atoms with van der Waals surface area (Å²) in [6, 6.07) is 0. The molecule has 5 heteroatoms. The van der Waals surface area contributed by atoms with Gasteiger partial charge in [-0.25, -0.2) is 0 Å². The first-order valence-electron chi connectivity index (χ1n) is 7.58. The highest BCUT2D eigenvalue weighted by Gasteiger charge is 2.47. The van der Waals surface area contributed by atoms with E-state index in [1.807, 2.05) is 0 Å². The van der Waals surface area contributed by atoms with Crippen LogP contribution >= 0.6 is 0 Å². The van der Waals surface area contributed by atoms with Crippen LogP contribution in [0.25, 0.3) is 0 Å². The van der Waals surface area contributed by atoms with Gasteiger partial charge in [-0.2, -0.15) is 0 Å². The molecule has 0 saturated carbocycles.